The Morgan fingerprint density at radius 3 is 2.38 bits per heavy atom. The lowest BCUT2D eigenvalue weighted by Gasteiger charge is -2.22. The zero-order chi connectivity index (χ0) is 10.5. The summed E-state index contributed by atoms with van der Waals surface area (Å²) in [6.07, 6.45) is 2.49. The maximum atomic E-state index is 10.8. The standard InChI is InChI=1S/C8H19NO3S/c1-8(9,7-12-2)5-4-6-13(3,10)11/h4-7,9H2,1-3H3. The molecule has 0 heterocycles. The van der Waals surface area contributed by atoms with Crippen LogP contribution in [0.25, 0.3) is 0 Å². The Hall–Kier alpha value is -0.130. The van der Waals surface area contributed by atoms with E-state index in [2.05, 4.69) is 0 Å². The number of sulfone groups is 1. The van der Waals surface area contributed by atoms with E-state index >= 15 is 0 Å². The van der Waals surface area contributed by atoms with Crippen LogP contribution in [-0.4, -0.2) is 39.7 Å². The normalized spacial score (nSPS) is 16.9. The minimum atomic E-state index is -2.86. The molecule has 4 nitrogen and oxygen atoms in total. The van der Waals surface area contributed by atoms with E-state index in [0.29, 0.717) is 19.4 Å². The Morgan fingerprint density at radius 2 is 2.00 bits per heavy atom. The Morgan fingerprint density at radius 1 is 1.46 bits per heavy atom. The van der Waals surface area contributed by atoms with Gasteiger partial charge in [-0.2, -0.15) is 0 Å². The molecular formula is C8H19NO3S. The van der Waals surface area contributed by atoms with E-state index in [-0.39, 0.29) is 5.75 Å². The molecule has 0 aliphatic rings. The van der Waals surface area contributed by atoms with E-state index in [1.165, 1.54) is 6.26 Å². The van der Waals surface area contributed by atoms with Crippen LogP contribution in [0.15, 0.2) is 0 Å². The topological polar surface area (TPSA) is 69.4 Å². The SMILES string of the molecule is COCC(C)(N)CCCS(C)(=O)=O. The molecule has 0 aromatic heterocycles. The van der Waals surface area contributed by atoms with Crippen LogP contribution >= 0.6 is 0 Å². The van der Waals surface area contributed by atoms with Crippen LogP contribution in [0.5, 0.6) is 0 Å². The van der Waals surface area contributed by atoms with Gasteiger partial charge in [-0.05, 0) is 19.8 Å². The summed E-state index contributed by atoms with van der Waals surface area (Å²) < 4.78 is 26.5. The first-order chi connectivity index (χ1) is 5.77. The Kier molecular flexibility index (Phi) is 4.88. The molecule has 80 valence electrons. The first kappa shape index (κ1) is 12.9. The fourth-order valence-corrected chi connectivity index (χ4v) is 1.81. The van der Waals surface area contributed by atoms with Crippen molar-refractivity contribution < 1.29 is 13.2 Å². The fourth-order valence-electron chi connectivity index (χ4n) is 1.14. The lowest BCUT2D eigenvalue weighted by Crippen LogP contribution is -2.41. The molecule has 0 bridgehead atoms. The van der Waals surface area contributed by atoms with Gasteiger partial charge in [0.2, 0.25) is 0 Å². The average molecular weight is 209 g/mol. The quantitative estimate of drug-likeness (QED) is 0.677. The summed E-state index contributed by atoms with van der Waals surface area (Å²) in [7, 11) is -1.27. The summed E-state index contributed by atoms with van der Waals surface area (Å²) in [6.45, 7) is 2.32. The van der Waals surface area contributed by atoms with Crippen molar-refractivity contribution >= 4 is 9.84 Å². The molecule has 1 unspecified atom stereocenters. The van der Waals surface area contributed by atoms with E-state index in [9.17, 15) is 8.42 Å². The van der Waals surface area contributed by atoms with Gasteiger partial charge < -0.3 is 10.5 Å². The molecule has 0 aromatic rings. The first-order valence-corrected chi connectivity index (χ1v) is 6.28. The van der Waals surface area contributed by atoms with Gasteiger partial charge in [0.15, 0.2) is 0 Å². The molecule has 0 spiro atoms. The lowest BCUT2D eigenvalue weighted by molar-refractivity contribution is 0.136. The average Bonchev–Trinajstić information content (AvgIpc) is 1.82. The molecule has 0 rings (SSSR count). The molecule has 0 amide bonds. The molecular weight excluding hydrogens is 190 g/mol. The summed E-state index contributed by atoms with van der Waals surface area (Å²) in [5.41, 5.74) is 5.42. The first-order valence-electron chi connectivity index (χ1n) is 4.22. The molecule has 0 aromatic carbocycles. The van der Waals surface area contributed by atoms with Crippen molar-refractivity contribution in [3.8, 4) is 0 Å². The van der Waals surface area contributed by atoms with Gasteiger partial charge in [-0.25, -0.2) is 8.42 Å². The van der Waals surface area contributed by atoms with Gasteiger partial charge in [-0.15, -0.1) is 0 Å². The van der Waals surface area contributed by atoms with E-state index in [1.807, 2.05) is 6.92 Å². The molecule has 5 heteroatoms. The van der Waals surface area contributed by atoms with Gasteiger partial charge in [0.05, 0.1) is 6.61 Å². The maximum Gasteiger partial charge on any atom is 0.147 e. The number of rotatable bonds is 6. The third-order valence-corrected chi connectivity index (χ3v) is 2.77. The van der Waals surface area contributed by atoms with E-state index in [4.69, 9.17) is 10.5 Å². The maximum absolute atomic E-state index is 10.8. The highest BCUT2D eigenvalue weighted by atomic mass is 32.2. The van der Waals surface area contributed by atoms with Crippen LogP contribution in [-0.2, 0) is 14.6 Å². The van der Waals surface area contributed by atoms with Crippen LogP contribution in [0.2, 0.25) is 0 Å². The van der Waals surface area contributed by atoms with Gasteiger partial charge in [-0.3, -0.25) is 0 Å². The van der Waals surface area contributed by atoms with Crippen LogP contribution < -0.4 is 5.73 Å². The molecule has 0 saturated heterocycles. The third kappa shape index (κ3) is 8.21. The second-order valence-electron chi connectivity index (χ2n) is 3.82. The Labute approximate surface area is 80.4 Å². The Bertz CT molecular complexity index is 234. The molecule has 13 heavy (non-hydrogen) atoms. The molecule has 0 saturated carbocycles. The van der Waals surface area contributed by atoms with Crippen molar-refractivity contribution in [1.29, 1.82) is 0 Å². The number of nitrogens with two attached hydrogens (primary N) is 1. The summed E-state index contributed by atoms with van der Waals surface area (Å²) >= 11 is 0. The van der Waals surface area contributed by atoms with Crippen molar-refractivity contribution in [3.05, 3.63) is 0 Å². The zero-order valence-corrected chi connectivity index (χ0v) is 9.36. The van der Waals surface area contributed by atoms with Crippen molar-refractivity contribution in [3.63, 3.8) is 0 Å². The molecule has 0 fully saturated rings. The van der Waals surface area contributed by atoms with Gasteiger partial charge in [0.25, 0.3) is 0 Å². The number of ether oxygens (including phenoxy) is 1. The zero-order valence-electron chi connectivity index (χ0n) is 8.54. The summed E-state index contributed by atoms with van der Waals surface area (Å²) in [5, 5.41) is 0. The molecule has 1 atom stereocenters. The van der Waals surface area contributed by atoms with Crippen LogP contribution in [0.1, 0.15) is 19.8 Å². The van der Waals surface area contributed by atoms with Gasteiger partial charge in [0.1, 0.15) is 9.84 Å². The number of methoxy groups -OCH3 is 1. The molecule has 0 aliphatic heterocycles. The number of hydrogen-bond acceptors (Lipinski definition) is 4. The van der Waals surface area contributed by atoms with Crippen molar-refractivity contribution in [2.45, 2.75) is 25.3 Å². The lowest BCUT2D eigenvalue weighted by atomic mass is 9.99. The minimum Gasteiger partial charge on any atom is -0.383 e. The second-order valence-corrected chi connectivity index (χ2v) is 6.08. The van der Waals surface area contributed by atoms with E-state index in [0.717, 1.165) is 0 Å². The molecule has 2 N–H and O–H groups in total. The number of hydrogen-bond donors (Lipinski definition) is 1. The predicted molar refractivity (Wildman–Crippen MR) is 53.4 cm³/mol. The second kappa shape index (κ2) is 4.93. The highest BCUT2D eigenvalue weighted by Crippen LogP contribution is 2.09. The largest absolute Gasteiger partial charge is 0.383 e. The Balaban J connectivity index is 3.76. The summed E-state index contributed by atoms with van der Waals surface area (Å²) in [5.74, 6) is 0.198. The van der Waals surface area contributed by atoms with Gasteiger partial charge in [0, 0.05) is 24.7 Å². The smallest absolute Gasteiger partial charge is 0.147 e. The van der Waals surface area contributed by atoms with E-state index < -0.39 is 15.4 Å². The van der Waals surface area contributed by atoms with Gasteiger partial charge >= 0.3 is 0 Å². The summed E-state index contributed by atoms with van der Waals surface area (Å²) in [6, 6.07) is 0. The molecule has 0 radical (unpaired) electrons. The van der Waals surface area contributed by atoms with Crippen LogP contribution in [0.4, 0.5) is 0 Å². The summed E-state index contributed by atoms with van der Waals surface area (Å²) in [4.78, 5) is 0. The molecule has 0 aliphatic carbocycles. The highest BCUT2D eigenvalue weighted by molar-refractivity contribution is 7.90. The van der Waals surface area contributed by atoms with Crippen LogP contribution in [0, 0.1) is 0 Å². The third-order valence-electron chi connectivity index (χ3n) is 1.74. The monoisotopic (exact) mass is 209 g/mol. The van der Waals surface area contributed by atoms with E-state index in [1.54, 1.807) is 7.11 Å². The predicted octanol–water partition coefficient (Wildman–Crippen LogP) is 0.175. The highest BCUT2D eigenvalue weighted by Gasteiger charge is 2.18. The van der Waals surface area contributed by atoms with Crippen molar-refractivity contribution in [2.24, 2.45) is 5.73 Å². The van der Waals surface area contributed by atoms with Crippen LogP contribution in [0.3, 0.4) is 0 Å². The van der Waals surface area contributed by atoms with Gasteiger partial charge in [-0.1, -0.05) is 0 Å². The fraction of sp³-hybridized carbons (Fsp3) is 1.00. The van der Waals surface area contributed by atoms with Crippen molar-refractivity contribution in [2.75, 3.05) is 25.7 Å². The van der Waals surface area contributed by atoms with Crippen molar-refractivity contribution in [1.82, 2.24) is 0 Å². The minimum absolute atomic E-state index is 0.198.